The largest absolute Gasteiger partial charge is 0.822 e. The molecule has 0 spiro atoms. The molecule has 104 heavy (non-hydrogen) atoms. The number of hydrogen-bond donors (Lipinski definition) is 6. The van der Waals surface area contributed by atoms with E-state index >= 15 is 0 Å². The number of quaternary nitrogens is 3. The van der Waals surface area contributed by atoms with Crippen molar-refractivity contribution in [2.24, 2.45) is 52.7 Å². The van der Waals surface area contributed by atoms with Gasteiger partial charge in [-0.05, 0) is 55.2 Å². The van der Waals surface area contributed by atoms with Gasteiger partial charge in [0.2, 0.25) is 18.1 Å². The first-order valence-electron chi connectivity index (χ1n) is 36.7. The molecule has 9 atom stereocenters. The SMILES string of the molecule is NC(=O)C(c1ccon1)[N+]12CCC(CC1)[C@@H](OC(=O)[C@](O)(c1ccccc1)C1CCCC1)C2.NC(=O)C(c1ccon1)[N+]12CCC(CC1)[C@@H](OC(=O)[C@](O)(c1ccccc1)C1CCCC1)C2.NC(=O)C(c1ccon1)[N+]12CCC(CC1)[C@H](OC(=O)[C@](O)(c1ccccc1)C1CCCC1)C2.O=P([O-])([O-])[O-]. The summed E-state index contributed by atoms with van der Waals surface area (Å²) in [5.74, 6) is -2.95. The van der Waals surface area contributed by atoms with Crippen LogP contribution in [0.5, 0.6) is 0 Å². The van der Waals surface area contributed by atoms with E-state index in [2.05, 4.69) is 15.5 Å². The van der Waals surface area contributed by atoms with Gasteiger partial charge in [-0.3, -0.25) is 14.4 Å². The number of rotatable bonds is 21. The van der Waals surface area contributed by atoms with Crippen molar-refractivity contribution in [1.29, 1.82) is 0 Å². The van der Waals surface area contributed by atoms with Crippen LogP contribution in [0.4, 0.5) is 0 Å². The predicted octanol–water partition coefficient (Wildman–Crippen LogP) is 4.47. The molecule has 6 bridgehead atoms. The number of benzene rings is 3. The minimum Gasteiger partial charge on any atom is -0.822 e. The number of esters is 3. The van der Waals surface area contributed by atoms with Gasteiger partial charge >= 0.3 is 17.9 Å². The molecular weight excluding hydrogens is 1360 g/mol. The van der Waals surface area contributed by atoms with Gasteiger partial charge in [0.15, 0.2) is 52.2 Å². The second kappa shape index (κ2) is 31.6. The second-order valence-corrected chi connectivity index (χ2v) is 31.3. The van der Waals surface area contributed by atoms with Crippen molar-refractivity contribution in [2.45, 2.75) is 169 Å². The highest BCUT2D eigenvalue weighted by molar-refractivity contribution is 7.40. The summed E-state index contributed by atoms with van der Waals surface area (Å²) in [5.41, 5.74) is 15.8. The number of phosphoric acid groups is 1. The number of nitrogens with zero attached hydrogens (tertiary/aromatic N) is 6. The first-order valence-corrected chi connectivity index (χ1v) is 38.1. The van der Waals surface area contributed by atoms with E-state index in [1.54, 1.807) is 54.6 Å². The van der Waals surface area contributed by atoms with E-state index in [1.807, 2.05) is 54.6 Å². The molecule has 9 N–H and O–H groups in total. The van der Waals surface area contributed by atoms with Crippen molar-refractivity contribution < 1.29 is 105 Å². The average molecular weight is 1460 g/mol. The van der Waals surface area contributed by atoms with E-state index in [-0.39, 0.29) is 53.8 Å². The Morgan fingerprint density at radius 3 is 0.817 bits per heavy atom. The Kier molecular flexibility index (Phi) is 23.0. The van der Waals surface area contributed by atoms with Crippen molar-refractivity contribution in [3.05, 3.63) is 162 Å². The van der Waals surface area contributed by atoms with Gasteiger partial charge < -0.3 is 93.0 Å². The van der Waals surface area contributed by atoms with E-state index in [9.17, 15) is 44.1 Å². The van der Waals surface area contributed by atoms with Crippen LogP contribution >= 0.6 is 7.82 Å². The highest BCUT2D eigenvalue weighted by Gasteiger charge is 2.61. The van der Waals surface area contributed by atoms with Crippen LogP contribution in [0.3, 0.4) is 0 Å². The highest BCUT2D eigenvalue weighted by Crippen LogP contribution is 2.50. The number of ether oxygens (including phenoxy) is 3. The fourth-order valence-corrected chi connectivity index (χ4v) is 19.5. The number of amides is 3. The third kappa shape index (κ3) is 15.5. The molecule has 12 fully saturated rings. The summed E-state index contributed by atoms with van der Waals surface area (Å²) in [6.07, 6.45) is 18.9. The van der Waals surface area contributed by atoms with Crippen LogP contribution in [0.1, 0.15) is 167 Å². The van der Waals surface area contributed by atoms with Gasteiger partial charge in [0.05, 0.1) is 39.3 Å². The zero-order valence-corrected chi connectivity index (χ0v) is 59.3. The summed E-state index contributed by atoms with van der Waals surface area (Å²) in [7, 11) is -5.39. The van der Waals surface area contributed by atoms with Crippen molar-refractivity contribution in [3.8, 4) is 0 Å². The molecule has 12 aliphatic rings. The summed E-state index contributed by atoms with van der Waals surface area (Å²) in [6.45, 7) is 6.05. The van der Waals surface area contributed by atoms with Gasteiger partial charge in [0, 0.05) is 92.2 Å². The van der Waals surface area contributed by atoms with Crippen LogP contribution in [0.15, 0.2) is 142 Å². The highest BCUT2D eigenvalue weighted by atomic mass is 31.2. The molecule has 12 heterocycles. The lowest BCUT2D eigenvalue weighted by Gasteiger charge is -2.54. The van der Waals surface area contributed by atoms with E-state index in [0.717, 1.165) is 155 Å². The molecule has 9 saturated heterocycles. The van der Waals surface area contributed by atoms with E-state index in [4.69, 9.17) is 64.2 Å². The first kappa shape index (κ1) is 75.7. The van der Waals surface area contributed by atoms with Gasteiger partial charge in [-0.1, -0.05) is 145 Å². The minimum absolute atomic E-state index is 0.162. The van der Waals surface area contributed by atoms with Crippen LogP contribution in [0.25, 0.3) is 0 Å². The maximum absolute atomic E-state index is 13.6. The normalized spacial score (nSPS) is 29.1. The maximum atomic E-state index is 13.6. The van der Waals surface area contributed by atoms with Crippen LogP contribution in [-0.4, -0.2) is 157 Å². The third-order valence-corrected chi connectivity index (χ3v) is 24.7. The van der Waals surface area contributed by atoms with Crippen LogP contribution in [0.2, 0.25) is 0 Å². The average Bonchev–Trinajstić information content (AvgIpc) is 0.918. The lowest BCUT2D eigenvalue weighted by Crippen LogP contribution is -2.67. The Hall–Kier alpha value is -8.02. The van der Waals surface area contributed by atoms with Crippen LogP contribution in [0, 0.1) is 35.5 Å². The molecule has 3 amide bonds. The van der Waals surface area contributed by atoms with Gasteiger partial charge in [-0.2, -0.15) is 7.82 Å². The molecule has 6 aromatic rings. The zero-order chi connectivity index (χ0) is 73.7. The number of carbonyl (C=O) groups is 6. The molecule has 18 rings (SSSR count). The fraction of sp³-hybridized carbons (Fsp3) is 0.560. The number of piperidine rings is 9. The van der Waals surface area contributed by atoms with Crippen molar-refractivity contribution >= 4 is 43.5 Å². The third-order valence-electron chi connectivity index (χ3n) is 24.7. The molecule has 3 aromatic heterocycles. The summed E-state index contributed by atoms with van der Waals surface area (Å²) in [5, 5.41) is 47.4. The molecule has 29 heteroatoms. The van der Waals surface area contributed by atoms with Crippen LogP contribution < -0.4 is 31.9 Å². The topological polar surface area (TPSA) is 433 Å². The molecule has 3 saturated carbocycles. The molecule has 3 aliphatic carbocycles. The van der Waals surface area contributed by atoms with Gasteiger partial charge in [0.1, 0.15) is 38.4 Å². The fourth-order valence-electron chi connectivity index (χ4n) is 19.5. The zero-order valence-electron chi connectivity index (χ0n) is 58.4. The first-order chi connectivity index (χ1) is 49.8. The van der Waals surface area contributed by atoms with E-state index < -0.39 is 78.4 Å². The van der Waals surface area contributed by atoms with Crippen molar-refractivity contribution in [3.63, 3.8) is 0 Å². The van der Waals surface area contributed by atoms with Gasteiger partial charge in [-0.15, -0.1) is 0 Å². The Morgan fingerprint density at radius 1 is 0.404 bits per heavy atom. The Labute approximate surface area is 603 Å². The number of carbonyl (C=O) groups excluding carboxylic acids is 6. The molecule has 28 nitrogen and oxygen atoms in total. The van der Waals surface area contributed by atoms with Gasteiger partial charge in [0.25, 0.3) is 17.7 Å². The number of aliphatic hydroxyl groups is 3. The number of hydrogen-bond acceptors (Lipinski definition) is 22. The minimum atomic E-state index is -5.39. The van der Waals surface area contributed by atoms with E-state index in [0.29, 0.717) is 66.9 Å². The summed E-state index contributed by atoms with van der Waals surface area (Å²) in [6, 6.07) is 30.6. The lowest BCUT2D eigenvalue weighted by atomic mass is 9.79. The summed E-state index contributed by atoms with van der Waals surface area (Å²) >= 11 is 0. The lowest BCUT2D eigenvalue weighted by molar-refractivity contribution is -0.965. The quantitative estimate of drug-likeness (QED) is 0.0250. The standard InChI is InChI=1S/3C25H31N3O5.H3O4P/c3*26-23(29)22(20-12-15-32-27-20)28-13-10-17(11-14-28)21(16-28)33-24(30)25(31,19-8-4-5-9-19)18-6-2-1-3-7-18;1-5(2,3)4/h3*1-3,6-7,12,15,17,19,21-22,31H,4-5,8-11,13-14,16H2,(H-,26,29);(H3,1,2,3,4)/t17?,21-,22?,25+,28?;2*17?,21-,22?,25-,28?;/m100./s1. The molecular formula is C75H96N9O19P. The molecule has 3 unspecified atom stereocenters. The Balaban J connectivity index is 0.000000142. The molecule has 9 aliphatic heterocycles. The number of nitrogens with two attached hydrogens (primary N) is 3. The summed E-state index contributed by atoms with van der Waals surface area (Å²) in [4.78, 5) is 104. The van der Waals surface area contributed by atoms with E-state index in [1.165, 1.54) is 18.8 Å². The van der Waals surface area contributed by atoms with Gasteiger partial charge in [-0.25, -0.2) is 14.4 Å². The Bertz CT molecular complexity index is 3510. The van der Waals surface area contributed by atoms with Crippen molar-refractivity contribution in [2.75, 3.05) is 58.9 Å². The molecule has 0 radical (unpaired) electrons. The molecule has 560 valence electrons. The monoisotopic (exact) mass is 1460 g/mol. The molecule has 3 aromatic carbocycles. The Morgan fingerprint density at radius 2 is 0.625 bits per heavy atom. The number of primary amides is 3. The maximum Gasteiger partial charge on any atom is 0.343 e. The predicted molar refractivity (Wildman–Crippen MR) is 362 cm³/mol. The number of aromatic nitrogens is 3. The smallest absolute Gasteiger partial charge is 0.343 e. The van der Waals surface area contributed by atoms with Crippen molar-refractivity contribution in [1.82, 2.24) is 15.5 Å². The second-order valence-electron chi connectivity index (χ2n) is 30.4. The van der Waals surface area contributed by atoms with Crippen LogP contribution in [-0.2, 0) is 64.3 Å². The number of fused-ring (bicyclic) bond motifs is 9. The summed E-state index contributed by atoms with van der Waals surface area (Å²) < 4.78 is 43.1.